The summed E-state index contributed by atoms with van der Waals surface area (Å²) in [7, 11) is 0. The number of ether oxygens (including phenoxy) is 1. The molecule has 2 rings (SSSR count). The number of aryl methyl sites for hydroxylation is 1. The monoisotopic (exact) mass is 341 g/mol. The number of aliphatic hydroxyl groups excluding tert-OH is 1. The second-order valence-electron chi connectivity index (χ2n) is 5.12. The number of H-pyrrole nitrogens is 1. The summed E-state index contributed by atoms with van der Waals surface area (Å²) in [6, 6.07) is 5.10. The molecule has 2 N–H and O–H groups in total. The Kier molecular flexibility index (Phi) is 5.16. The van der Waals surface area contributed by atoms with Crippen molar-refractivity contribution in [3.05, 3.63) is 56.3 Å². The van der Waals surface area contributed by atoms with Crippen LogP contribution in [0.4, 0.5) is 0 Å². The number of hydrogen-bond acceptors (Lipinski definition) is 3. The van der Waals surface area contributed by atoms with Crippen LogP contribution < -0.4 is 0 Å². The van der Waals surface area contributed by atoms with E-state index in [1.807, 2.05) is 0 Å². The number of esters is 1. The van der Waals surface area contributed by atoms with Crippen LogP contribution in [0.2, 0.25) is 10.0 Å². The second-order valence-corrected chi connectivity index (χ2v) is 5.93. The highest BCUT2D eigenvalue weighted by atomic mass is 35.5. The molecule has 1 heterocycles. The number of benzene rings is 1. The normalized spacial score (nSPS) is 12.3. The lowest BCUT2D eigenvalue weighted by atomic mass is 10.1. The first-order valence-corrected chi connectivity index (χ1v) is 7.55. The molecule has 22 heavy (non-hydrogen) atoms. The minimum atomic E-state index is -0.657. The van der Waals surface area contributed by atoms with Gasteiger partial charge in [-0.25, -0.2) is 4.79 Å². The molecule has 1 atom stereocenters. The van der Waals surface area contributed by atoms with Crippen LogP contribution in [0.15, 0.2) is 18.2 Å². The van der Waals surface area contributed by atoms with Crippen molar-refractivity contribution in [2.75, 3.05) is 0 Å². The average Bonchev–Trinajstić information content (AvgIpc) is 2.73. The summed E-state index contributed by atoms with van der Waals surface area (Å²) in [5, 5.41) is 10.7. The van der Waals surface area contributed by atoms with E-state index in [1.54, 1.807) is 39.0 Å². The molecule has 6 heteroatoms. The lowest BCUT2D eigenvalue weighted by Crippen LogP contribution is -2.08. The van der Waals surface area contributed by atoms with Gasteiger partial charge in [-0.3, -0.25) is 0 Å². The SMILES string of the molecule is Cc1[nH]c(C(=O)OCc2c(Cl)cccc2Cl)c(C)c1[C@@H](C)O. The largest absolute Gasteiger partial charge is 0.456 e. The van der Waals surface area contributed by atoms with Crippen LogP contribution >= 0.6 is 23.2 Å². The topological polar surface area (TPSA) is 62.3 Å². The zero-order valence-electron chi connectivity index (χ0n) is 12.5. The summed E-state index contributed by atoms with van der Waals surface area (Å²) in [6.45, 7) is 5.21. The number of nitrogens with one attached hydrogen (secondary N) is 1. The van der Waals surface area contributed by atoms with Crippen LogP contribution in [-0.4, -0.2) is 16.1 Å². The van der Waals surface area contributed by atoms with Gasteiger partial charge in [0.25, 0.3) is 0 Å². The van der Waals surface area contributed by atoms with Gasteiger partial charge in [-0.1, -0.05) is 29.3 Å². The molecule has 1 aromatic heterocycles. The molecule has 0 aliphatic heterocycles. The van der Waals surface area contributed by atoms with Crippen LogP contribution in [-0.2, 0) is 11.3 Å². The van der Waals surface area contributed by atoms with E-state index < -0.39 is 12.1 Å². The third-order valence-electron chi connectivity index (χ3n) is 3.53. The first kappa shape index (κ1) is 16.9. The molecule has 0 saturated carbocycles. The Morgan fingerprint density at radius 3 is 2.41 bits per heavy atom. The Hall–Kier alpha value is -1.49. The fraction of sp³-hybridized carbons (Fsp3) is 0.312. The van der Waals surface area contributed by atoms with Crippen molar-refractivity contribution in [1.82, 2.24) is 4.98 Å². The molecular weight excluding hydrogens is 325 g/mol. The molecule has 0 bridgehead atoms. The number of carbonyl (C=O) groups excluding carboxylic acids is 1. The lowest BCUT2D eigenvalue weighted by molar-refractivity contribution is 0.0466. The zero-order chi connectivity index (χ0) is 16.4. The van der Waals surface area contributed by atoms with Gasteiger partial charge in [0.1, 0.15) is 12.3 Å². The van der Waals surface area contributed by atoms with E-state index in [-0.39, 0.29) is 6.61 Å². The fourth-order valence-corrected chi connectivity index (χ4v) is 2.98. The van der Waals surface area contributed by atoms with E-state index in [1.165, 1.54) is 0 Å². The van der Waals surface area contributed by atoms with Gasteiger partial charge in [0.2, 0.25) is 0 Å². The molecule has 0 fully saturated rings. The maximum absolute atomic E-state index is 12.2. The van der Waals surface area contributed by atoms with Crippen LogP contribution in [0, 0.1) is 13.8 Å². The van der Waals surface area contributed by atoms with Crippen molar-refractivity contribution in [1.29, 1.82) is 0 Å². The Morgan fingerprint density at radius 2 is 1.91 bits per heavy atom. The van der Waals surface area contributed by atoms with E-state index >= 15 is 0 Å². The van der Waals surface area contributed by atoms with Gasteiger partial charge in [0.15, 0.2) is 0 Å². The standard InChI is InChI=1S/C16H17Cl2NO3/c1-8-14(10(3)20)9(2)19-15(8)16(21)22-7-11-12(17)5-4-6-13(11)18/h4-6,10,19-20H,7H2,1-3H3/t10-/m1/s1. The zero-order valence-corrected chi connectivity index (χ0v) is 14.0. The first-order valence-electron chi connectivity index (χ1n) is 6.80. The molecular formula is C16H17Cl2NO3. The Bertz CT molecular complexity index is 687. The van der Waals surface area contributed by atoms with Crippen LogP contribution in [0.25, 0.3) is 0 Å². The maximum Gasteiger partial charge on any atom is 0.355 e. The van der Waals surface area contributed by atoms with E-state index in [4.69, 9.17) is 27.9 Å². The molecule has 1 aromatic carbocycles. The molecule has 0 spiro atoms. The van der Waals surface area contributed by atoms with E-state index in [2.05, 4.69) is 4.98 Å². The molecule has 0 aliphatic carbocycles. The van der Waals surface area contributed by atoms with Gasteiger partial charge in [0.05, 0.1) is 6.10 Å². The van der Waals surface area contributed by atoms with Gasteiger partial charge in [-0.15, -0.1) is 0 Å². The highest BCUT2D eigenvalue weighted by molar-refractivity contribution is 6.35. The second kappa shape index (κ2) is 6.73. The van der Waals surface area contributed by atoms with Crippen LogP contribution in [0.3, 0.4) is 0 Å². The van der Waals surface area contributed by atoms with Gasteiger partial charge < -0.3 is 14.8 Å². The number of hydrogen-bond donors (Lipinski definition) is 2. The summed E-state index contributed by atoms with van der Waals surface area (Å²) in [5.41, 5.74) is 3.04. The van der Waals surface area contributed by atoms with Crippen molar-refractivity contribution in [3.63, 3.8) is 0 Å². The van der Waals surface area contributed by atoms with Crippen molar-refractivity contribution < 1.29 is 14.6 Å². The van der Waals surface area contributed by atoms with Gasteiger partial charge in [-0.2, -0.15) is 0 Å². The van der Waals surface area contributed by atoms with Crippen molar-refractivity contribution in [3.8, 4) is 0 Å². The highest BCUT2D eigenvalue weighted by Crippen LogP contribution is 2.27. The summed E-state index contributed by atoms with van der Waals surface area (Å²) in [4.78, 5) is 15.2. The molecule has 4 nitrogen and oxygen atoms in total. The number of aromatic amines is 1. The van der Waals surface area contributed by atoms with E-state index in [9.17, 15) is 9.90 Å². The molecule has 0 aliphatic rings. The molecule has 0 radical (unpaired) electrons. The van der Waals surface area contributed by atoms with Gasteiger partial charge in [-0.05, 0) is 38.5 Å². The van der Waals surface area contributed by atoms with Crippen LogP contribution in [0.1, 0.15) is 45.9 Å². The number of rotatable bonds is 4. The average molecular weight is 342 g/mol. The minimum absolute atomic E-state index is 0.0150. The minimum Gasteiger partial charge on any atom is -0.456 e. The Morgan fingerprint density at radius 1 is 1.32 bits per heavy atom. The quantitative estimate of drug-likeness (QED) is 0.812. The third-order valence-corrected chi connectivity index (χ3v) is 4.23. The van der Waals surface area contributed by atoms with Gasteiger partial charge in [0, 0.05) is 26.9 Å². The van der Waals surface area contributed by atoms with E-state index in [0.717, 1.165) is 5.69 Å². The molecule has 0 amide bonds. The summed E-state index contributed by atoms with van der Waals surface area (Å²) >= 11 is 12.1. The number of carbonyl (C=O) groups is 1. The predicted octanol–water partition coefficient (Wildman–Crippen LogP) is 4.35. The van der Waals surface area contributed by atoms with Crippen molar-refractivity contribution in [2.24, 2.45) is 0 Å². The van der Waals surface area contributed by atoms with E-state index in [0.29, 0.717) is 32.4 Å². The molecule has 0 saturated heterocycles. The number of aliphatic hydroxyl groups is 1. The third kappa shape index (κ3) is 3.29. The first-order chi connectivity index (χ1) is 10.3. The lowest BCUT2D eigenvalue weighted by Gasteiger charge is -2.08. The smallest absolute Gasteiger partial charge is 0.355 e. The fourth-order valence-electron chi connectivity index (χ4n) is 2.48. The highest BCUT2D eigenvalue weighted by Gasteiger charge is 2.21. The summed E-state index contributed by atoms with van der Waals surface area (Å²) in [5.74, 6) is -0.511. The predicted molar refractivity (Wildman–Crippen MR) is 86.5 cm³/mol. The molecule has 0 unspecified atom stereocenters. The number of halogens is 2. The maximum atomic E-state index is 12.2. The Labute approximate surface area is 139 Å². The molecule has 118 valence electrons. The van der Waals surface area contributed by atoms with Crippen molar-refractivity contribution in [2.45, 2.75) is 33.5 Å². The summed E-state index contributed by atoms with van der Waals surface area (Å²) in [6.07, 6.45) is -0.657. The van der Waals surface area contributed by atoms with Crippen molar-refractivity contribution >= 4 is 29.2 Å². The Balaban J connectivity index is 2.19. The van der Waals surface area contributed by atoms with Gasteiger partial charge >= 0.3 is 5.97 Å². The summed E-state index contributed by atoms with van der Waals surface area (Å²) < 4.78 is 5.28. The number of aromatic nitrogens is 1. The van der Waals surface area contributed by atoms with Crippen LogP contribution in [0.5, 0.6) is 0 Å². The molecule has 2 aromatic rings.